The van der Waals surface area contributed by atoms with Gasteiger partial charge in [-0.25, -0.2) is 19.7 Å². The van der Waals surface area contributed by atoms with Gasteiger partial charge in [0.05, 0.1) is 17.6 Å². The van der Waals surface area contributed by atoms with Gasteiger partial charge in [0.2, 0.25) is 5.95 Å². The monoisotopic (exact) mass is 366 g/mol. The van der Waals surface area contributed by atoms with Gasteiger partial charge < -0.3 is 19.9 Å². The Morgan fingerprint density at radius 1 is 1.22 bits per heavy atom. The molecule has 27 heavy (non-hydrogen) atoms. The van der Waals surface area contributed by atoms with E-state index in [1.54, 1.807) is 41.6 Å². The molecule has 1 aliphatic rings. The highest BCUT2D eigenvalue weighted by molar-refractivity contribution is 5.99. The molecule has 0 saturated carbocycles. The van der Waals surface area contributed by atoms with E-state index in [1.165, 1.54) is 4.90 Å². The SMILES string of the molecule is Cc1nc2ccc(C(=O)N3CCN(c4ncccn4)C[C@H]3C(=O)O)cc2[nH]1. The number of aryl methyl sites for hydroxylation is 1. The maximum atomic E-state index is 13.0. The van der Waals surface area contributed by atoms with Crippen molar-refractivity contribution in [2.75, 3.05) is 24.5 Å². The summed E-state index contributed by atoms with van der Waals surface area (Å²) in [7, 11) is 0. The molecule has 3 aromatic rings. The predicted octanol–water partition coefficient (Wildman–Crippen LogP) is 1.08. The van der Waals surface area contributed by atoms with Crippen LogP contribution < -0.4 is 4.90 Å². The predicted molar refractivity (Wildman–Crippen MR) is 97.5 cm³/mol. The fourth-order valence-corrected chi connectivity index (χ4v) is 3.31. The highest BCUT2D eigenvalue weighted by Crippen LogP contribution is 2.20. The van der Waals surface area contributed by atoms with E-state index in [4.69, 9.17) is 0 Å². The first kappa shape index (κ1) is 17.0. The number of hydrogen-bond acceptors (Lipinski definition) is 6. The first-order valence-corrected chi connectivity index (χ1v) is 8.55. The Kier molecular flexibility index (Phi) is 4.19. The Labute approximate surface area is 154 Å². The number of rotatable bonds is 3. The molecule has 0 radical (unpaired) electrons. The van der Waals surface area contributed by atoms with E-state index in [0.717, 1.165) is 16.9 Å². The lowest BCUT2D eigenvalue weighted by atomic mass is 10.1. The summed E-state index contributed by atoms with van der Waals surface area (Å²) >= 11 is 0. The van der Waals surface area contributed by atoms with Crippen LogP contribution in [-0.2, 0) is 4.79 Å². The Morgan fingerprint density at radius 2 is 2.00 bits per heavy atom. The standard InChI is InChI=1S/C18H18N6O3/c1-11-21-13-4-3-12(9-14(13)22-11)16(25)24-8-7-23(10-15(24)17(26)27)18-19-5-2-6-20-18/h2-6,9,15H,7-8,10H2,1H3,(H,21,22)(H,26,27)/t15-/m0/s1. The van der Waals surface area contributed by atoms with Crippen molar-refractivity contribution in [2.24, 2.45) is 0 Å². The van der Waals surface area contributed by atoms with Crippen molar-refractivity contribution < 1.29 is 14.7 Å². The largest absolute Gasteiger partial charge is 0.480 e. The number of anilines is 1. The molecule has 138 valence electrons. The quantitative estimate of drug-likeness (QED) is 0.712. The van der Waals surface area contributed by atoms with Gasteiger partial charge in [-0.3, -0.25) is 4.79 Å². The zero-order valence-corrected chi connectivity index (χ0v) is 14.7. The molecule has 2 aromatic heterocycles. The summed E-state index contributed by atoms with van der Waals surface area (Å²) in [6, 6.07) is 5.87. The molecular formula is C18H18N6O3. The van der Waals surface area contributed by atoms with E-state index in [1.807, 2.05) is 6.92 Å². The molecule has 9 nitrogen and oxygen atoms in total. The number of nitrogens with zero attached hydrogens (tertiary/aromatic N) is 5. The topological polar surface area (TPSA) is 115 Å². The second-order valence-corrected chi connectivity index (χ2v) is 6.40. The molecule has 9 heteroatoms. The van der Waals surface area contributed by atoms with E-state index in [0.29, 0.717) is 18.1 Å². The van der Waals surface area contributed by atoms with E-state index < -0.39 is 12.0 Å². The normalized spacial score (nSPS) is 17.3. The molecule has 1 aromatic carbocycles. The summed E-state index contributed by atoms with van der Waals surface area (Å²) in [5.41, 5.74) is 1.95. The van der Waals surface area contributed by atoms with Gasteiger partial charge in [-0.2, -0.15) is 0 Å². The minimum atomic E-state index is -1.05. The average molecular weight is 366 g/mol. The van der Waals surface area contributed by atoms with Crippen LogP contribution in [0.2, 0.25) is 0 Å². The van der Waals surface area contributed by atoms with Crippen molar-refractivity contribution in [1.82, 2.24) is 24.8 Å². The van der Waals surface area contributed by atoms with Gasteiger partial charge in [0.1, 0.15) is 11.9 Å². The van der Waals surface area contributed by atoms with Crippen LogP contribution in [0.25, 0.3) is 11.0 Å². The smallest absolute Gasteiger partial charge is 0.328 e. The molecule has 0 unspecified atom stereocenters. The number of carbonyl (C=O) groups excluding carboxylic acids is 1. The Morgan fingerprint density at radius 3 is 2.74 bits per heavy atom. The molecule has 1 saturated heterocycles. The second-order valence-electron chi connectivity index (χ2n) is 6.40. The molecular weight excluding hydrogens is 348 g/mol. The highest BCUT2D eigenvalue weighted by Gasteiger charge is 2.36. The third-order valence-electron chi connectivity index (χ3n) is 4.61. The number of nitrogens with one attached hydrogen (secondary N) is 1. The van der Waals surface area contributed by atoms with Gasteiger partial charge >= 0.3 is 5.97 Å². The zero-order valence-electron chi connectivity index (χ0n) is 14.7. The number of aromatic nitrogens is 4. The van der Waals surface area contributed by atoms with Crippen LogP contribution in [0.15, 0.2) is 36.7 Å². The van der Waals surface area contributed by atoms with E-state index in [-0.39, 0.29) is 19.0 Å². The van der Waals surface area contributed by atoms with Crippen molar-refractivity contribution in [3.8, 4) is 0 Å². The van der Waals surface area contributed by atoms with Crippen molar-refractivity contribution in [1.29, 1.82) is 0 Å². The Hall–Kier alpha value is -3.49. The molecule has 2 N–H and O–H groups in total. The summed E-state index contributed by atoms with van der Waals surface area (Å²) in [5, 5.41) is 9.67. The molecule has 0 bridgehead atoms. The minimum Gasteiger partial charge on any atom is -0.480 e. The number of H-pyrrole nitrogens is 1. The number of benzene rings is 1. The van der Waals surface area contributed by atoms with Crippen LogP contribution in [0.1, 0.15) is 16.2 Å². The Bertz CT molecular complexity index is 1000. The van der Waals surface area contributed by atoms with Gasteiger partial charge in [0.15, 0.2) is 0 Å². The van der Waals surface area contributed by atoms with Crippen LogP contribution in [0.4, 0.5) is 5.95 Å². The summed E-state index contributed by atoms with van der Waals surface area (Å²) < 4.78 is 0. The van der Waals surface area contributed by atoms with Crippen molar-refractivity contribution in [2.45, 2.75) is 13.0 Å². The van der Waals surface area contributed by atoms with E-state index in [9.17, 15) is 14.7 Å². The molecule has 1 fully saturated rings. The maximum Gasteiger partial charge on any atom is 0.328 e. The number of carboxylic acids is 1. The molecule has 0 spiro atoms. The van der Waals surface area contributed by atoms with Gasteiger partial charge in [0.25, 0.3) is 5.91 Å². The highest BCUT2D eigenvalue weighted by atomic mass is 16.4. The van der Waals surface area contributed by atoms with Crippen LogP contribution in [0.3, 0.4) is 0 Å². The van der Waals surface area contributed by atoms with Gasteiger partial charge in [-0.15, -0.1) is 0 Å². The number of aromatic amines is 1. The van der Waals surface area contributed by atoms with Crippen LogP contribution >= 0.6 is 0 Å². The van der Waals surface area contributed by atoms with Crippen molar-refractivity contribution in [3.05, 3.63) is 48.0 Å². The fraction of sp³-hybridized carbons (Fsp3) is 0.278. The first-order chi connectivity index (χ1) is 13.0. The lowest BCUT2D eigenvalue weighted by molar-refractivity contribution is -0.142. The lowest BCUT2D eigenvalue weighted by Gasteiger charge is -2.39. The number of piperazine rings is 1. The molecule has 3 heterocycles. The number of aliphatic carboxylic acids is 1. The first-order valence-electron chi connectivity index (χ1n) is 8.55. The number of fused-ring (bicyclic) bond motifs is 1. The van der Waals surface area contributed by atoms with Crippen molar-refractivity contribution in [3.63, 3.8) is 0 Å². The third kappa shape index (κ3) is 3.19. The molecule has 1 aliphatic heterocycles. The lowest BCUT2D eigenvalue weighted by Crippen LogP contribution is -2.58. The number of carboxylic acid groups (broad SMARTS) is 1. The molecule has 1 atom stereocenters. The summed E-state index contributed by atoms with van der Waals surface area (Å²) in [4.78, 5) is 43.7. The summed E-state index contributed by atoms with van der Waals surface area (Å²) in [5.74, 6) is -0.146. The minimum absolute atomic E-state index is 0.135. The second kappa shape index (κ2) is 6.67. The van der Waals surface area contributed by atoms with Gasteiger partial charge in [0, 0.05) is 31.0 Å². The number of carbonyl (C=O) groups is 2. The molecule has 0 aliphatic carbocycles. The van der Waals surface area contributed by atoms with Crippen LogP contribution in [0, 0.1) is 6.92 Å². The van der Waals surface area contributed by atoms with E-state index >= 15 is 0 Å². The van der Waals surface area contributed by atoms with Crippen LogP contribution in [0.5, 0.6) is 0 Å². The number of hydrogen-bond donors (Lipinski definition) is 2. The number of amides is 1. The summed E-state index contributed by atoms with van der Waals surface area (Å²) in [6.07, 6.45) is 3.22. The fourth-order valence-electron chi connectivity index (χ4n) is 3.31. The average Bonchev–Trinajstić information content (AvgIpc) is 3.06. The third-order valence-corrected chi connectivity index (χ3v) is 4.61. The van der Waals surface area contributed by atoms with Crippen molar-refractivity contribution >= 4 is 28.9 Å². The number of imidazole rings is 1. The van der Waals surface area contributed by atoms with Gasteiger partial charge in [-0.1, -0.05) is 0 Å². The zero-order chi connectivity index (χ0) is 19.0. The molecule has 1 amide bonds. The molecule has 4 rings (SSSR count). The van der Waals surface area contributed by atoms with Gasteiger partial charge in [-0.05, 0) is 31.2 Å². The van der Waals surface area contributed by atoms with Crippen LogP contribution in [-0.4, -0.2) is 67.5 Å². The Balaban J connectivity index is 1.59. The maximum absolute atomic E-state index is 13.0. The summed E-state index contributed by atoms with van der Waals surface area (Å²) in [6.45, 7) is 2.71. The van der Waals surface area contributed by atoms with E-state index in [2.05, 4.69) is 19.9 Å².